The summed E-state index contributed by atoms with van der Waals surface area (Å²) in [7, 11) is 0. The second kappa shape index (κ2) is 7.36. The maximum absolute atomic E-state index is 6.07. The number of halogens is 1. The molecule has 24 heavy (non-hydrogen) atoms. The van der Waals surface area contributed by atoms with Crippen LogP contribution in [-0.2, 0) is 6.61 Å². The van der Waals surface area contributed by atoms with Gasteiger partial charge in [0.25, 0.3) is 0 Å². The van der Waals surface area contributed by atoms with Gasteiger partial charge in [0.2, 0.25) is 5.88 Å². The maximum atomic E-state index is 6.07. The van der Waals surface area contributed by atoms with E-state index in [1.54, 1.807) is 0 Å². The Labute approximate surface area is 149 Å². The minimum atomic E-state index is 0.499. The molecule has 0 unspecified atom stereocenters. The van der Waals surface area contributed by atoms with Crippen molar-refractivity contribution >= 4 is 33.0 Å². The molecule has 0 atom stereocenters. The van der Waals surface area contributed by atoms with Gasteiger partial charge in [0, 0.05) is 10.5 Å². The van der Waals surface area contributed by atoms with Gasteiger partial charge < -0.3 is 15.8 Å². The van der Waals surface area contributed by atoms with Gasteiger partial charge in [0.15, 0.2) is 0 Å². The predicted octanol–water partition coefficient (Wildman–Crippen LogP) is 5.06. The second-order valence-electron chi connectivity index (χ2n) is 5.38. The molecule has 0 fully saturated rings. The molecular formula is C19H18BrN3O. The lowest BCUT2D eigenvalue weighted by atomic mass is 10.2. The summed E-state index contributed by atoms with van der Waals surface area (Å²) in [4.78, 5) is 4.50. The molecule has 0 aliphatic heterocycles. The van der Waals surface area contributed by atoms with Gasteiger partial charge in [-0.15, -0.1) is 0 Å². The van der Waals surface area contributed by atoms with Crippen LogP contribution in [0.15, 0.2) is 65.1 Å². The lowest BCUT2D eigenvalue weighted by Gasteiger charge is -2.13. The van der Waals surface area contributed by atoms with E-state index in [1.165, 1.54) is 0 Å². The van der Waals surface area contributed by atoms with Gasteiger partial charge in [0.1, 0.15) is 6.61 Å². The average Bonchev–Trinajstić information content (AvgIpc) is 2.60. The molecule has 3 N–H and O–H groups in total. The van der Waals surface area contributed by atoms with Crippen molar-refractivity contribution in [1.29, 1.82) is 0 Å². The van der Waals surface area contributed by atoms with Crippen LogP contribution >= 0.6 is 15.9 Å². The van der Waals surface area contributed by atoms with Gasteiger partial charge in [-0.05, 0) is 46.6 Å². The maximum Gasteiger partial charge on any atom is 0.213 e. The number of ether oxygens (including phenoxy) is 1. The van der Waals surface area contributed by atoms with Crippen LogP contribution in [0.1, 0.15) is 11.3 Å². The molecule has 4 nitrogen and oxygen atoms in total. The highest BCUT2D eigenvalue weighted by atomic mass is 79.9. The predicted molar refractivity (Wildman–Crippen MR) is 102 cm³/mol. The highest BCUT2D eigenvalue weighted by molar-refractivity contribution is 9.10. The van der Waals surface area contributed by atoms with Gasteiger partial charge in [-0.25, -0.2) is 4.98 Å². The van der Waals surface area contributed by atoms with E-state index in [0.717, 1.165) is 27.1 Å². The fraction of sp³-hybridized carbons (Fsp3) is 0.105. The Morgan fingerprint density at radius 2 is 1.79 bits per heavy atom. The summed E-state index contributed by atoms with van der Waals surface area (Å²) in [5, 5.41) is 3.31. The van der Waals surface area contributed by atoms with E-state index >= 15 is 0 Å². The zero-order valence-electron chi connectivity index (χ0n) is 13.3. The summed E-state index contributed by atoms with van der Waals surface area (Å²) in [6.45, 7) is 2.44. The molecule has 0 aliphatic carbocycles. The van der Waals surface area contributed by atoms with E-state index in [0.29, 0.717) is 18.2 Å². The molecule has 1 heterocycles. The van der Waals surface area contributed by atoms with E-state index in [2.05, 4.69) is 26.2 Å². The van der Waals surface area contributed by atoms with Crippen molar-refractivity contribution in [2.75, 3.05) is 11.1 Å². The first kappa shape index (κ1) is 16.3. The molecular weight excluding hydrogens is 366 g/mol. The largest absolute Gasteiger partial charge is 0.473 e. The van der Waals surface area contributed by atoms with Crippen LogP contribution in [0.2, 0.25) is 0 Å². The lowest BCUT2D eigenvalue weighted by Crippen LogP contribution is -2.02. The molecule has 0 saturated carbocycles. The van der Waals surface area contributed by atoms with Crippen molar-refractivity contribution in [2.24, 2.45) is 0 Å². The van der Waals surface area contributed by atoms with E-state index in [1.807, 2.05) is 67.6 Å². The number of para-hydroxylation sites is 1. The summed E-state index contributed by atoms with van der Waals surface area (Å²) < 4.78 is 6.61. The molecule has 1 aromatic heterocycles. The van der Waals surface area contributed by atoms with Crippen LogP contribution < -0.4 is 15.8 Å². The first-order valence-corrected chi connectivity index (χ1v) is 8.38. The van der Waals surface area contributed by atoms with E-state index in [9.17, 15) is 0 Å². The number of benzene rings is 2. The third-order valence-electron chi connectivity index (χ3n) is 3.61. The van der Waals surface area contributed by atoms with Crippen LogP contribution in [0.25, 0.3) is 0 Å². The molecule has 0 amide bonds. The number of nitrogens with one attached hydrogen (secondary N) is 1. The SMILES string of the molecule is Cc1nc(OCc2ccccc2)ccc1Nc1cccc(Br)c1N. The molecule has 0 bridgehead atoms. The normalized spacial score (nSPS) is 10.4. The van der Waals surface area contributed by atoms with Crippen LogP contribution in [0.3, 0.4) is 0 Å². The molecule has 0 aliphatic rings. The van der Waals surface area contributed by atoms with Gasteiger partial charge in [-0.2, -0.15) is 0 Å². The number of nitrogen functional groups attached to an aromatic ring is 1. The van der Waals surface area contributed by atoms with Crippen molar-refractivity contribution in [3.8, 4) is 5.88 Å². The number of pyridine rings is 1. The zero-order valence-corrected chi connectivity index (χ0v) is 14.9. The summed E-state index contributed by atoms with van der Waals surface area (Å²) in [5.74, 6) is 0.601. The summed E-state index contributed by atoms with van der Waals surface area (Å²) in [6.07, 6.45) is 0. The first-order valence-electron chi connectivity index (χ1n) is 7.59. The van der Waals surface area contributed by atoms with Crippen molar-refractivity contribution in [1.82, 2.24) is 4.98 Å². The Balaban J connectivity index is 1.71. The van der Waals surface area contributed by atoms with Gasteiger partial charge >= 0.3 is 0 Å². The Morgan fingerprint density at radius 1 is 1.00 bits per heavy atom. The number of nitrogens with two attached hydrogens (primary N) is 1. The molecule has 0 saturated heterocycles. The number of aryl methyl sites for hydroxylation is 1. The average molecular weight is 384 g/mol. The fourth-order valence-electron chi connectivity index (χ4n) is 2.27. The summed E-state index contributed by atoms with van der Waals surface area (Å²) in [6, 6.07) is 19.6. The third-order valence-corrected chi connectivity index (χ3v) is 4.30. The number of anilines is 3. The molecule has 3 rings (SSSR count). The molecule has 0 spiro atoms. The highest BCUT2D eigenvalue weighted by Crippen LogP contribution is 2.31. The molecule has 5 heteroatoms. The lowest BCUT2D eigenvalue weighted by molar-refractivity contribution is 0.293. The van der Waals surface area contributed by atoms with E-state index in [4.69, 9.17) is 10.5 Å². The Bertz CT molecular complexity index is 837. The summed E-state index contributed by atoms with van der Waals surface area (Å²) in [5.41, 5.74) is 10.4. The molecule has 0 radical (unpaired) electrons. The summed E-state index contributed by atoms with van der Waals surface area (Å²) >= 11 is 3.43. The van der Waals surface area contributed by atoms with Crippen LogP contribution in [-0.4, -0.2) is 4.98 Å². The minimum absolute atomic E-state index is 0.499. The van der Waals surface area contributed by atoms with Gasteiger partial charge in [-0.1, -0.05) is 36.4 Å². The van der Waals surface area contributed by atoms with Crippen molar-refractivity contribution in [3.63, 3.8) is 0 Å². The van der Waals surface area contributed by atoms with Gasteiger partial charge in [0.05, 0.1) is 22.8 Å². The molecule has 122 valence electrons. The van der Waals surface area contributed by atoms with E-state index in [-0.39, 0.29) is 0 Å². The number of rotatable bonds is 5. The topological polar surface area (TPSA) is 60.2 Å². The van der Waals surface area contributed by atoms with E-state index < -0.39 is 0 Å². The quantitative estimate of drug-likeness (QED) is 0.604. The number of nitrogens with zero attached hydrogens (tertiary/aromatic N) is 1. The van der Waals surface area contributed by atoms with Crippen molar-refractivity contribution in [2.45, 2.75) is 13.5 Å². The smallest absolute Gasteiger partial charge is 0.213 e. The van der Waals surface area contributed by atoms with Crippen LogP contribution in [0.5, 0.6) is 5.88 Å². The van der Waals surface area contributed by atoms with Crippen LogP contribution in [0.4, 0.5) is 17.1 Å². The number of hydrogen-bond donors (Lipinski definition) is 2. The highest BCUT2D eigenvalue weighted by Gasteiger charge is 2.07. The molecule has 2 aromatic carbocycles. The Kier molecular flexibility index (Phi) is 5.01. The standard InChI is InChI=1S/C19H18BrN3O/c1-13-16(23-17-9-5-8-15(20)19(17)21)10-11-18(22-13)24-12-14-6-3-2-4-7-14/h2-11,23H,12,21H2,1H3. The monoisotopic (exact) mass is 383 g/mol. The van der Waals surface area contributed by atoms with Crippen LogP contribution in [0, 0.1) is 6.92 Å². The zero-order chi connectivity index (χ0) is 16.9. The van der Waals surface area contributed by atoms with Crippen molar-refractivity contribution in [3.05, 3.63) is 76.4 Å². The Morgan fingerprint density at radius 3 is 2.54 bits per heavy atom. The first-order chi connectivity index (χ1) is 11.6. The minimum Gasteiger partial charge on any atom is -0.473 e. The molecule has 3 aromatic rings. The third kappa shape index (κ3) is 3.86. The Hall–Kier alpha value is -2.53. The van der Waals surface area contributed by atoms with Crippen molar-refractivity contribution < 1.29 is 4.74 Å². The number of hydrogen-bond acceptors (Lipinski definition) is 4. The van der Waals surface area contributed by atoms with Gasteiger partial charge in [-0.3, -0.25) is 0 Å². The second-order valence-corrected chi connectivity index (χ2v) is 6.24. The fourth-order valence-corrected chi connectivity index (χ4v) is 2.64. The number of aromatic nitrogens is 1.